The summed E-state index contributed by atoms with van der Waals surface area (Å²) in [6.45, 7) is 8.19. The van der Waals surface area contributed by atoms with Gasteiger partial charge in [0.2, 0.25) is 0 Å². The Balaban J connectivity index is 2.16. The Morgan fingerprint density at radius 3 is 2.68 bits per heavy atom. The van der Waals surface area contributed by atoms with E-state index < -0.39 is 0 Å². The maximum Gasteiger partial charge on any atom is 0.106 e. The molecule has 0 amide bonds. The molecular formula is C16H30N2O. The fourth-order valence-corrected chi connectivity index (χ4v) is 2.47. The van der Waals surface area contributed by atoms with Crippen LogP contribution in [0.25, 0.3) is 0 Å². The third-order valence-electron chi connectivity index (χ3n) is 3.95. The Labute approximate surface area is 118 Å². The van der Waals surface area contributed by atoms with Crippen LogP contribution in [-0.2, 0) is 4.74 Å². The smallest absolute Gasteiger partial charge is 0.106 e. The fraction of sp³-hybridized carbons (Fsp3) is 0.938. The molecule has 0 radical (unpaired) electrons. The number of nitrogens with zero attached hydrogens (tertiary/aromatic N) is 1. The van der Waals surface area contributed by atoms with E-state index in [9.17, 15) is 5.26 Å². The molecule has 1 N–H and O–H groups in total. The van der Waals surface area contributed by atoms with Gasteiger partial charge in [0.05, 0.1) is 6.07 Å². The van der Waals surface area contributed by atoms with E-state index >= 15 is 0 Å². The summed E-state index contributed by atoms with van der Waals surface area (Å²) in [5.74, 6) is 0.654. The summed E-state index contributed by atoms with van der Waals surface area (Å²) in [4.78, 5) is 0. The molecule has 0 bridgehead atoms. The van der Waals surface area contributed by atoms with E-state index in [0.717, 1.165) is 32.5 Å². The van der Waals surface area contributed by atoms with Crippen LogP contribution in [0, 0.1) is 17.2 Å². The maximum absolute atomic E-state index is 9.41. The molecule has 0 heterocycles. The Hall–Kier alpha value is -0.590. The van der Waals surface area contributed by atoms with Crippen LogP contribution < -0.4 is 5.32 Å². The molecule has 19 heavy (non-hydrogen) atoms. The zero-order chi connectivity index (χ0) is 14.1. The second-order valence-corrected chi connectivity index (χ2v) is 6.04. The highest BCUT2D eigenvalue weighted by Gasteiger charge is 2.34. The molecule has 0 aromatic carbocycles. The van der Waals surface area contributed by atoms with Gasteiger partial charge in [-0.25, -0.2) is 0 Å². The first kappa shape index (κ1) is 16.5. The lowest BCUT2D eigenvalue weighted by atomic mass is 9.92. The number of nitrogens with one attached hydrogen (secondary N) is 1. The monoisotopic (exact) mass is 266 g/mol. The SMILES string of the molecule is CCCC(C)COCCCC(C#N)(CC)NC1CC1. The van der Waals surface area contributed by atoms with Gasteiger partial charge in [-0.1, -0.05) is 27.2 Å². The Bertz CT molecular complexity index is 283. The van der Waals surface area contributed by atoms with Crippen LogP contribution in [0.5, 0.6) is 0 Å². The lowest BCUT2D eigenvalue weighted by Gasteiger charge is -2.26. The second-order valence-electron chi connectivity index (χ2n) is 6.04. The van der Waals surface area contributed by atoms with Crippen molar-refractivity contribution in [2.24, 2.45) is 5.92 Å². The van der Waals surface area contributed by atoms with Crippen molar-refractivity contribution in [3.8, 4) is 6.07 Å². The molecule has 3 nitrogen and oxygen atoms in total. The predicted octanol–water partition coefficient (Wildman–Crippen LogP) is 3.64. The number of rotatable bonds is 11. The summed E-state index contributed by atoms with van der Waals surface area (Å²) in [5, 5.41) is 12.9. The molecule has 0 aliphatic heterocycles. The quantitative estimate of drug-likeness (QED) is 0.581. The van der Waals surface area contributed by atoms with Crippen molar-refractivity contribution in [2.75, 3.05) is 13.2 Å². The van der Waals surface area contributed by atoms with Gasteiger partial charge < -0.3 is 4.74 Å². The molecule has 110 valence electrons. The lowest BCUT2D eigenvalue weighted by Crippen LogP contribution is -2.44. The van der Waals surface area contributed by atoms with Crippen molar-refractivity contribution in [1.29, 1.82) is 5.26 Å². The minimum absolute atomic E-state index is 0.320. The van der Waals surface area contributed by atoms with Gasteiger partial charge in [-0.05, 0) is 44.4 Å². The number of hydrogen-bond donors (Lipinski definition) is 1. The molecule has 1 fully saturated rings. The molecular weight excluding hydrogens is 236 g/mol. The van der Waals surface area contributed by atoms with Crippen molar-refractivity contribution >= 4 is 0 Å². The zero-order valence-electron chi connectivity index (χ0n) is 12.9. The highest BCUT2D eigenvalue weighted by atomic mass is 16.5. The standard InChI is InChI=1S/C16H30N2O/c1-4-7-14(3)12-19-11-6-10-16(5-2,13-17)18-15-8-9-15/h14-15,18H,4-12H2,1-3H3. The first-order valence-corrected chi connectivity index (χ1v) is 7.92. The molecule has 3 heteroatoms. The summed E-state index contributed by atoms with van der Waals surface area (Å²) in [6.07, 6.45) is 7.68. The highest BCUT2D eigenvalue weighted by Crippen LogP contribution is 2.26. The third-order valence-corrected chi connectivity index (χ3v) is 3.95. The van der Waals surface area contributed by atoms with Crippen molar-refractivity contribution in [3.05, 3.63) is 0 Å². The molecule has 1 saturated carbocycles. The molecule has 1 aliphatic carbocycles. The van der Waals surface area contributed by atoms with Crippen molar-refractivity contribution in [2.45, 2.75) is 77.3 Å². The van der Waals surface area contributed by atoms with Crippen molar-refractivity contribution < 1.29 is 4.74 Å². The van der Waals surface area contributed by atoms with Gasteiger partial charge in [0.15, 0.2) is 0 Å². The molecule has 2 unspecified atom stereocenters. The van der Waals surface area contributed by atoms with E-state index in [-0.39, 0.29) is 5.54 Å². The Kier molecular flexibility index (Phi) is 7.41. The zero-order valence-corrected chi connectivity index (χ0v) is 12.9. The highest BCUT2D eigenvalue weighted by molar-refractivity contribution is 5.09. The van der Waals surface area contributed by atoms with Gasteiger partial charge in [-0.3, -0.25) is 5.32 Å². The number of ether oxygens (including phenoxy) is 1. The fourth-order valence-electron chi connectivity index (χ4n) is 2.47. The van der Waals surface area contributed by atoms with Crippen LogP contribution in [0.4, 0.5) is 0 Å². The Morgan fingerprint density at radius 2 is 2.16 bits per heavy atom. The van der Waals surface area contributed by atoms with Crippen LogP contribution in [0.2, 0.25) is 0 Å². The topological polar surface area (TPSA) is 45.0 Å². The average molecular weight is 266 g/mol. The Morgan fingerprint density at radius 1 is 1.42 bits per heavy atom. The summed E-state index contributed by atoms with van der Waals surface area (Å²) >= 11 is 0. The minimum Gasteiger partial charge on any atom is -0.381 e. The lowest BCUT2D eigenvalue weighted by molar-refractivity contribution is 0.0947. The molecule has 1 aliphatic rings. The van der Waals surface area contributed by atoms with Gasteiger partial charge in [0, 0.05) is 19.3 Å². The van der Waals surface area contributed by atoms with Gasteiger partial charge in [0.25, 0.3) is 0 Å². The largest absolute Gasteiger partial charge is 0.381 e. The summed E-state index contributed by atoms with van der Waals surface area (Å²) in [6, 6.07) is 3.08. The number of hydrogen-bond acceptors (Lipinski definition) is 3. The van der Waals surface area contributed by atoms with Crippen LogP contribution in [-0.4, -0.2) is 24.8 Å². The van der Waals surface area contributed by atoms with Crippen molar-refractivity contribution in [3.63, 3.8) is 0 Å². The third kappa shape index (κ3) is 6.40. The predicted molar refractivity (Wildman–Crippen MR) is 78.9 cm³/mol. The van der Waals surface area contributed by atoms with E-state index in [4.69, 9.17) is 4.74 Å². The summed E-state index contributed by atoms with van der Waals surface area (Å²) in [5.41, 5.74) is -0.320. The molecule has 0 spiro atoms. The second kappa shape index (κ2) is 8.55. The molecule has 0 aromatic rings. The summed E-state index contributed by atoms with van der Waals surface area (Å²) < 4.78 is 5.72. The molecule has 0 aromatic heterocycles. The van der Waals surface area contributed by atoms with E-state index in [1.165, 1.54) is 25.7 Å². The molecule has 2 atom stereocenters. The van der Waals surface area contributed by atoms with Crippen molar-refractivity contribution in [1.82, 2.24) is 5.32 Å². The van der Waals surface area contributed by atoms with Gasteiger partial charge in [-0.15, -0.1) is 0 Å². The van der Waals surface area contributed by atoms with E-state index in [0.29, 0.717) is 12.0 Å². The first-order valence-electron chi connectivity index (χ1n) is 7.92. The van der Waals surface area contributed by atoms with Gasteiger partial charge in [0.1, 0.15) is 5.54 Å². The maximum atomic E-state index is 9.41. The van der Waals surface area contributed by atoms with E-state index in [1.54, 1.807) is 0 Å². The van der Waals surface area contributed by atoms with Gasteiger partial charge in [-0.2, -0.15) is 5.26 Å². The molecule has 0 saturated heterocycles. The molecule has 1 rings (SSSR count). The number of nitriles is 1. The normalized spacial score (nSPS) is 19.7. The first-order chi connectivity index (χ1) is 9.15. The van der Waals surface area contributed by atoms with E-state index in [1.807, 2.05) is 0 Å². The van der Waals surface area contributed by atoms with Crippen LogP contribution in [0.3, 0.4) is 0 Å². The van der Waals surface area contributed by atoms with Crippen LogP contribution in [0.1, 0.15) is 65.7 Å². The van der Waals surface area contributed by atoms with Gasteiger partial charge >= 0.3 is 0 Å². The minimum atomic E-state index is -0.320. The van der Waals surface area contributed by atoms with Crippen LogP contribution >= 0.6 is 0 Å². The average Bonchev–Trinajstić information content (AvgIpc) is 3.21. The summed E-state index contributed by atoms with van der Waals surface area (Å²) in [7, 11) is 0. The van der Waals surface area contributed by atoms with E-state index in [2.05, 4.69) is 32.2 Å². The van der Waals surface area contributed by atoms with Crippen LogP contribution in [0.15, 0.2) is 0 Å².